The van der Waals surface area contributed by atoms with Gasteiger partial charge in [-0.25, -0.2) is 8.42 Å². The van der Waals surface area contributed by atoms with E-state index in [1.54, 1.807) is 36.4 Å². The number of nitrogens with zero attached hydrogens (tertiary/aromatic N) is 2. The normalized spacial score (nSPS) is 17.5. The zero-order valence-electron chi connectivity index (χ0n) is 15.6. The average Bonchev–Trinajstić information content (AvgIpc) is 2.70. The highest BCUT2D eigenvalue weighted by atomic mass is 35.5. The van der Waals surface area contributed by atoms with Crippen LogP contribution in [-0.2, 0) is 21.4 Å². The Labute approximate surface area is 171 Å². The molecule has 0 spiro atoms. The van der Waals surface area contributed by atoms with Gasteiger partial charge in [-0.3, -0.25) is 4.90 Å². The van der Waals surface area contributed by atoms with Gasteiger partial charge in [-0.1, -0.05) is 48.0 Å². The molecule has 0 amide bonds. The smallest absolute Gasteiger partial charge is 0.243 e. The maximum Gasteiger partial charge on any atom is 0.243 e. The van der Waals surface area contributed by atoms with Gasteiger partial charge in [0.15, 0.2) is 0 Å². The molecule has 0 bridgehead atoms. The molecule has 0 radical (unpaired) electrons. The molecule has 1 saturated heterocycles. The monoisotopic (exact) mass is 424 g/mol. The van der Waals surface area contributed by atoms with Crippen LogP contribution in [0.2, 0.25) is 5.02 Å². The summed E-state index contributed by atoms with van der Waals surface area (Å²) in [6.45, 7) is 2.96. The molecule has 1 aliphatic heterocycles. The topological polar surface area (TPSA) is 70.1 Å². The molecule has 1 unspecified atom stereocenters. The molecule has 1 fully saturated rings. The van der Waals surface area contributed by atoms with Gasteiger partial charge >= 0.3 is 0 Å². The third-order valence-corrected chi connectivity index (χ3v) is 6.99. The lowest BCUT2D eigenvalue weighted by molar-refractivity contribution is 0.00541. The predicted molar refractivity (Wildman–Crippen MR) is 109 cm³/mol. The second kappa shape index (κ2) is 9.82. The van der Waals surface area contributed by atoms with Crippen LogP contribution < -0.4 is 0 Å². The maximum atomic E-state index is 12.6. The molecule has 0 aromatic heterocycles. The molecule has 3 rings (SSSR count). The minimum absolute atomic E-state index is 0.202. The van der Waals surface area contributed by atoms with Crippen molar-refractivity contribution >= 4 is 21.6 Å². The summed E-state index contributed by atoms with van der Waals surface area (Å²) in [5.74, 6) is 0. The SMILES string of the molecule is O=S(=O)(c1ccccc1)N1CCN(CC(O)COCc2ccccc2Cl)CC1. The first-order valence-electron chi connectivity index (χ1n) is 9.23. The van der Waals surface area contributed by atoms with Crippen LogP contribution in [0.25, 0.3) is 0 Å². The van der Waals surface area contributed by atoms with Crippen molar-refractivity contribution in [2.45, 2.75) is 17.6 Å². The molecule has 2 aromatic rings. The Morgan fingerprint density at radius 3 is 2.32 bits per heavy atom. The summed E-state index contributed by atoms with van der Waals surface area (Å²) in [5, 5.41) is 10.9. The summed E-state index contributed by atoms with van der Waals surface area (Å²) in [6, 6.07) is 15.9. The van der Waals surface area contributed by atoms with E-state index >= 15 is 0 Å². The molecule has 1 atom stereocenters. The summed E-state index contributed by atoms with van der Waals surface area (Å²) >= 11 is 6.09. The van der Waals surface area contributed by atoms with E-state index in [0.717, 1.165) is 5.56 Å². The van der Waals surface area contributed by atoms with E-state index in [1.165, 1.54) is 4.31 Å². The molecule has 0 saturated carbocycles. The van der Waals surface area contributed by atoms with Crippen LogP contribution in [0.4, 0.5) is 0 Å². The second-order valence-corrected chi connectivity index (χ2v) is 9.12. The Morgan fingerprint density at radius 2 is 1.64 bits per heavy atom. The van der Waals surface area contributed by atoms with Crippen molar-refractivity contribution in [3.8, 4) is 0 Å². The number of sulfonamides is 1. The van der Waals surface area contributed by atoms with E-state index in [9.17, 15) is 13.5 Å². The fourth-order valence-electron chi connectivity index (χ4n) is 3.17. The summed E-state index contributed by atoms with van der Waals surface area (Å²) < 4.78 is 32.4. The van der Waals surface area contributed by atoms with Crippen molar-refractivity contribution in [3.05, 3.63) is 65.2 Å². The number of hydrogen-bond acceptors (Lipinski definition) is 5. The highest BCUT2D eigenvalue weighted by molar-refractivity contribution is 7.89. The molecular formula is C20H25ClN2O4S. The number of benzene rings is 2. The molecule has 0 aliphatic carbocycles. The summed E-state index contributed by atoms with van der Waals surface area (Å²) in [4.78, 5) is 2.37. The fourth-order valence-corrected chi connectivity index (χ4v) is 4.80. The minimum atomic E-state index is -3.46. The van der Waals surface area contributed by atoms with E-state index in [0.29, 0.717) is 49.2 Å². The molecule has 1 aliphatic rings. The van der Waals surface area contributed by atoms with Crippen molar-refractivity contribution < 1.29 is 18.3 Å². The first-order valence-corrected chi connectivity index (χ1v) is 11.1. The van der Waals surface area contributed by atoms with Crippen LogP contribution in [0.1, 0.15) is 5.56 Å². The summed E-state index contributed by atoms with van der Waals surface area (Å²) in [6.07, 6.45) is -0.639. The van der Waals surface area contributed by atoms with Crippen molar-refractivity contribution in [2.24, 2.45) is 0 Å². The summed E-state index contributed by atoms with van der Waals surface area (Å²) in [7, 11) is -3.46. The van der Waals surface area contributed by atoms with Gasteiger partial charge in [0, 0.05) is 37.7 Å². The van der Waals surface area contributed by atoms with Gasteiger partial charge in [-0.05, 0) is 23.8 Å². The minimum Gasteiger partial charge on any atom is -0.389 e. The van der Waals surface area contributed by atoms with Crippen LogP contribution in [0, 0.1) is 0 Å². The molecule has 152 valence electrons. The lowest BCUT2D eigenvalue weighted by Gasteiger charge is -2.34. The molecular weight excluding hydrogens is 400 g/mol. The van der Waals surface area contributed by atoms with E-state index in [1.807, 2.05) is 18.2 Å². The molecule has 1 heterocycles. The number of β-amino-alcohol motifs (C(OH)–C–C–N with tert-alkyl or cyclic N) is 1. The van der Waals surface area contributed by atoms with Gasteiger partial charge in [0.2, 0.25) is 10.0 Å². The van der Waals surface area contributed by atoms with Gasteiger partial charge in [-0.15, -0.1) is 0 Å². The highest BCUT2D eigenvalue weighted by Gasteiger charge is 2.28. The Hall–Kier alpha value is -1.48. The van der Waals surface area contributed by atoms with Crippen LogP contribution in [0.15, 0.2) is 59.5 Å². The Morgan fingerprint density at radius 1 is 1.00 bits per heavy atom. The number of piperazine rings is 1. The van der Waals surface area contributed by atoms with Crippen molar-refractivity contribution in [2.75, 3.05) is 39.3 Å². The molecule has 28 heavy (non-hydrogen) atoms. The molecule has 1 N–H and O–H groups in total. The van der Waals surface area contributed by atoms with Crippen molar-refractivity contribution in [1.82, 2.24) is 9.21 Å². The zero-order chi connectivity index (χ0) is 20.0. The lowest BCUT2D eigenvalue weighted by Crippen LogP contribution is -2.50. The predicted octanol–water partition coefficient (Wildman–Crippen LogP) is 2.22. The molecule has 8 heteroatoms. The van der Waals surface area contributed by atoms with E-state index < -0.39 is 16.1 Å². The number of hydrogen-bond donors (Lipinski definition) is 1. The highest BCUT2D eigenvalue weighted by Crippen LogP contribution is 2.18. The number of halogens is 1. The van der Waals surface area contributed by atoms with E-state index in [4.69, 9.17) is 16.3 Å². The standard InChI is InChI=1S/C20H25ClN2O4S/c21-20-9-5-4-6-17(20)15-27-16-18(24)14-22-10-12-23(13-11-22)28(25,26)19-7-2-1-3-8-19/h1-9,18,24H,10-16H2. The van der Waals surface area contributed by atoms with Crippen molar-refractivity contribution in [3.63, 3.8) is 0 Å². The van der Waals surface area contributed by atoms with E-state index in [2.05, 4.69) is 4.90 Å². The van der Waals surface area contributed by atoms with Crippen LogP contribution in [0.5, 0.6) is 0 Å². The Bertz CT molecular complexity index is 856. The molecule has 2 aromatic carbocycles. The number of rotatable bonds is 8. The van der Waals surface area contributed by atoms with Gasteiger partial charge in [0.1, 0.15) is 0 Å². The average molecular weight is 425 g/mol. The maximum absolute atomic E-state index is 12.6. The largest absolute Gasteiger partial charge is 0.389 e. The van der Waals surface area contributed by atoms with Crippen LogP contribution in [0.3, 0.4) is 0 Å². The quantitative estimate of drug-likeness (QED) is 0.703. The van der Waals surface area contributed by atoms with Crippen LogP contribution >= 0.6 is 11.6 Å². The number of aliphatic hydroxyl groups is 1. The number of ether oxygens (including phenoxy) is 1. The van der Waals surface area contributed by atoms with Crippen LogP contribution in [-0.4, -0.2) is 68.2 Å². The summed E-state index contributed by atoms with van der Waals surface area (Å²) in [5.41, 5.74) is 0.885. The van der Waals surface area contributed by atoms with Gasteiger partial charge in [0.25, 0.3) is 0 Å². The molecule has 6 nitrogen and oxygen atoms in total. The zero-order valence-corrected chi connectivity index (χ0v) is 17.1. The Balaban J connectivity index is 1.42. The number of aliphatic hydroxyl groups excluding tert-OH is 1. The van der Waals surface area contributed by atoms with Gasteiger partial charge in [-0.2, -0.15) is 4.31 Å². The third kappa shape index (κ3) is 5.53. The second-order valence-electron chi connectivity index (χ2n) is 6.78. The van der Waals surface area contributed by atoms with E-state index in [-0.39, 0.29) is 6.61 Å². The third-order valence-electron chi connectivity index (χ3n) is 4.71. The Kier molecular flexibility index (Phi) is 7.45. The van der Waals surface area contributed by atoms with Crippen molar-refractivity contribution in [1.29, 1.82) is 0 Å². The fraction of sp³-hybridized carbons (Fsp3) is 0.400. The first kappa shape index (κ1) is 21.2. The first-order chi connectivity index (χ1) is 13.5. The van der Waals surface area contributed by atoms with Gasteiger partial charge < -0.3 is 9.84 Å². The lowest BCUT2D eigenvalue weighted by atomic mass is 10.2. The van der Waals surface area contributed by atoms with Gasteiger partial charge in [0.05, 0.1) is 24.2 Å².